The highest BCUT2D eigenvalue weighted by molar-refractivity contribution is 4.73. The normalized spacial score (nSPS) is 23.3. The highest BCUT2D eigenvalue weighted by atomic mass is 15.3. The molecule has 0 aromatic carbocycles. The van der Waals surface area contributed by atoms with E-state index in [1.54, 1.807) is 0 Å². The monoisotopic (exact) mass is 425 g/mol. The quantitative estimate of drug-likeness (QED) is 0.682. The Morgan fingerprint density at radius 2 is 0.867 bits per heavy atom. The Labute approximate surface area is 189 Å². The van der Waals surface area contributed by atoms with Gasteiger partial charge in [-0.3, -0.25) is 9.80 Å². The predicted octanol–water partition coefficient (Wildman–Crippen LogP) is 3.56. The first-order valence-electron chi connectivity index (χ1n) is 12.9. The van der Waals surface area contributed by atoms with Gasteiger partial charge in [-0.05, 0) is 81.1 Å². The van der Waals surface area contributed by atoms with Crippen molar-refractivity contribution in [3.05, 3.63) is 0 Å². The van der Waals surface area contributed by atoms with Gasteiger partial charge in [-0.25, -0.2) is 0 Å². The van der Waals surface area contributed by atoms with Gasteiger partial charge in [0.1, 0.15) is 0 Å². The minimum atomic E-state index is 0.730. The first-order chi connectivity index (χ1) is 14.2. The van der Waals surface area contributed by atoms with E-state index >= 15 is 0 Å². The molecule has 0 bridgehead atoms. The summed E-state index contributed by atoms with van der Waals surface area (Å²) in [4.78, 5) is 12.5. The molecular formula is C25H55N5. The second kappa shape index (κ2) is 15.6. The molecule has 3 fully saturated rings. The Morgan fingerprint density at radius 1 is 0.500 bits per heavy atom. The van der Waals surface area contributed by atoms with Gasteiger partial charge in [0.25, 0.3) is 0 Å². The molecule has 0 aliphatic carbocycles. The van der Waals surface area contributed by atoms with Crippen LogP contribution in [0.2, 0.25) is 0 Å². The molecule has 0 aromatic heterocycles. The van der Waals surface area contributed by atoms with Crippen molar-refractivity contribution in [2.75, 3.05) is 79.0 Å². The van der Waals surface area contributed by atoms with Gasteiger partial charge in [-0.2, -0.15) is 0 Å². The summed E-state index contributed by atoms with van der Waals surface area (Å²) < 4.78 is 0. The van der Waals surface area contributed by atoms with Gasteiger partial charge in [0.05, 0.1) is 0 Å². The van der Waals surface area contributed by atoms with E-state index in [9.17, 15) is 0 Å². The van der Waals surface area contributed by atoms with Crippen LogP contribution in [0.25, 0.3) is 0 Å². The van der Waals surface area contributed by atoms with E-state index in [4.69, 9.17) is 0 Å². The second-order valence-electron chi connectivity index (χ2n) is 10.2. The molecule has 0 unspecified atom stereocenters. The van der Waals surface area contributed by atoms with E-state index in [1.807, 2.05) is 0 Å². The van der Waals surface area contributed by atoms with Crippen molar-refractivity contribution < 1.29 is 0 Å². The number of likely N-dealkylation sites (tertiary alicyclic amines) is 1. The van der Waals surface area contributed by atoms with Crippen LogP contribution >= 0.6 is 0 Å². The first-order valence-corrected chi connectivity index (χ1v) is 12.9. The van der Waals surface area contributed by atoms with Crippen molar-refractivity contribution in [2.24, 2.45) is 0 Å². The van der Waals surface area contributed by atoms with Gasteiger partial charge in [-0.15, -0.1) is 0 Å². The molecule has 180 valence electrons. The molecule has 0 amide bonds. The van der Waals surface area contributed by atoms with Crippen LogP contribution in [0.1, 0.15) is 67.7 Å². The molecule has 0 spiro atoms. The van der Waals surface area contributed by atoms with Crippen LogP contribution in [0.3, 0.4) is 0 Å². The fourth-order valence-corrected chi connectivity index (χ4v) is 4.37. The summed E-state index contributed by atoms with van der Waals surface area (Å²) in [5, 5.41) is 0. The minimum absolute atomic E-state index is 0.730. The van der Waals surface area contributed by atoms with E-state index in [1.165, 1.54) is 91.3 Å². The minimum Gasteiger partial charge on any atom is -0.304 e. The Balaban J connectivity index is 0.000000226. The summed E-state index contributed by atoms with van der Waals surface area (Å²) in [6, 6.07) is 2.23. The Morgan fingerprint density at radius 3 is 1.20 bits per heavy atom. The zero-order chi connectivity index (χ0) is 22.5. The number of hydrogen-bond acceptors (Lipinski definition) is 5. The van der Waals surface area contributed by atoms with Crippen LogP contribution < -0.4 is 0 Å². The van der Waals surface area contributed by atoms with Crippen LogP contribution in [0.15, 0.2) is 0 Å². The third kappa shape index (κ3) is 11.4. The maximum absolute atomic E-state index is 2.56. The standard InChI is InChI=1S/C9H20N2.C8H18N2.C8H17N/c1-4-10-5-7-11(8-6-10)9(2)3;1-8(2)10-6-4-9(3)5-7-10;1-8(2)9-6-4-3-5-7-9/h9H,4-8H2,1-3H3;8H,4-7H2,1-3H3;8H,3-7H2,1-2H3. The summed E-state index contributed by atoms with van der Waals surface area (Å²) in [5.41, 5.74) is 0. The van der Waals surface area contributed by atoms with E-state index in [2.05, 4.69) is 80.0 Å². The number of piperidine rings is 1. The predicted molar refractivity (Wildman–Crippen MR) is 134 cm³/mol. The van der Waals surface area contributed by atoms with Crippen LogP contribution in [0, 0.1) is 0 Å². The van der Waals surface area contributed by atoms with Crippen molar-refractivity contribution in [3.8, 4) is 0 Å². The summed E-state index contributed by atoms with van der Waals surface area (Å²) in [7, 11) is 2.19. The molecule has 0 radical (unpaired) electrons. The van der Waals surface area contributed by atoms with Crippen molar-refractivity contribution in [1.29, 1.82) is 0 Å². The molecule has 3 rings (SSSR count). The maximum atomic E-state index is 2.56. The fourth-order valence-electron chi connectivity index (χ4n) is 4.37. The average Bonchev–Trinajstić information content (AvgIpc) is 2.75. The Bertz CT molecular complexity index is 390. The zero-order valence-electron chi connectivity index (χ0n) is 21.9. The largest absolute Gasteiger partial charge is 0.304 e. The SMILES string of the molecule is CC(C)N1CCCCC1.CC(C)N1CCN(C)CC1.CCN1CCN(C(C)C)CC1. The molecule has 3 saturated heterocycles. The van der Waals surface area contributed by atoms with Crippen LogP contribution in [0.5, 0.6) is 0 Å². The van der Waals surface area contributed by atoms with Crippen LogP contribution in [-0.4, -0.2) is 122 Å². The Hall–Kier alpha value is -0.200. The molecule has 3 heterocycles. The second-order valence-corrected chi connectivity index (χ2v) is 10.2. The maximum Gasteiger partial charge on any atom is 0.0113 e. The Kier molecular flexibility index (Phi) is 14.5. The van der Waals surface area contributed by atoms with Crippen molar-refractivity contribution >= 4 is 0 Å². The molecule has 5 nitrogen and oxygen atoms in total. The van der Waals surface area contributed by atoms with E-state index < -0.39 is 0 Å². The lowest BCUT2D eigenvalue weighted by Gasteiger charge is -2.36. The van der Waals surface area contributed by atoms with E-state index in [0.29, 0.717) is 0 Å². The first kappa shape index (κ1) is 27.8. The number of piperazine rings is 2. The third-order valence-electron chi connectivity index (χ3n) is 6.97. The average molecular weight is 426 g/mol. The van der Waals surface area contributed by atoms with E-state index in [-0.39, 0.29) is 0 Å². The number of likely N-dealkylation sites (N-methyl/N-ethyl adjacent to an activating group) is 2. The fraction of sp³-hybridized carbons (Fsp3) is 1.00. The highest BCUT2D eigenvalue weighted by Gasteiger charge is 2.17. The molecule has 0 saturated carbocycles. The number of hydrogen-bond donors (Lipinski definition) is 0. The smallest absolute Gasteiger partial charge is 0.0113 e. The molecule has 0 N–H and O–H groups in total. The van der Waals surface area contributed by atoms with Crippen molar-refractivity contribution in [3.63, 3.8) is 0 Å². The van der Waals surface area contributed by atoms with Crippen LogP contribution in [0.4, 0.5) is 0 Å². The lowest BCUT2D eigenvalue weighted by atomic mass is 10.1. The molecule has 30 heavy (non-hydrogen) atoms. The van der Waals surface area contributed by atoms with Crippen molar-refractivity contribution in [1.82, 2.24) is 24.5 Å². The van der Waals surface area contributed by atoms with Crippen LogP contribution in [-0.2, 0) is 0 Å². The van der Waals surface area contributed by atoms with Gasteiger partial charge in [0.2, 0.25) is 0 Å². The van der Waals surface area contributed by atoms with Gasteiger partial charge >= 0.3 is 0 Å². The summed E-state index contributed by atoms with van der Waals surface area (Å²) in [5.74, 6) is 0. The van der Waals surface area contributed by atoms with Gasteiger partial charge in [0, 0.05) is 70.5 Å². The summed E-state index contributed by atoms with van der Waals surface area (Å²) >= 11 is 0. The van der Waals surface area contributed by atoms with Crippen molar-refractivity contribution in [2.45, 2.75) is 85.9 Å². The van der Waals surface area contributed by atoms with Gasteiger partial charge in [0.15, 0.2) is 0 Å². The lowest BCUT2D eigenvalue weighted by Crippen LogP contribution is -2.48. The highest BCUT2D eigenvalue weighted by Crippen LogP contribution is 2.11. The van der Waals surface area contributed by atoms with Gasteiger partial charge < -0.3 is 14.7 Å². The molecular weight excluding hydrogens is 370 g/mol. The van der Waals surface area contributed by atoms with Gasteiger partial charge in [-0.1, -0.05) is 13.3 Å². The number of nitrogens with zero attached hydrogens (tertiary/aromatic N) is 5. The third-order valence-corrected chi connectivity index (χ3v) is 6.97. The lowest BCUT2D eigenvalue weighted by molar-refractivity contribution is 0.112. The summed E-state index contributed by atoms with van der Waals surface area (Å²) in [6.07, 6.45) is 4.28. The molecule has 5 heteroatoms. The zero-order valence-corrected chi connectivity index (χ0v) is 21.9. The van der Waals surface area contributed by atoms with E-state index in [0.717, 1.165) is 18.1 Å². The molecule has 0 atom stereocenters. The topological polar surface area (TPSA) is 16.2 Å². The molecule has 3 aliphatic rings. The number of rotatable bonds is 4. The molecule has 3 aliphatic heterocycles. The summed E-state index contributed by atoms with van der Waals surface area (Å²) in [6.45, 7) is 29.8. The molecule has 0 aromatic rings.